The smallest absolute Gasteiger partial charge is 0.159 e. The molecule has 0 saturated carbocycles. The predicted molar refractivity (Wildman–Crippen MR) is 66.0 cm³/mol. The standard InChI is InChI=1S/C13H19NO2/c1-3-14(9-4-10-15)13-7-5-12(6-8-13)11(2)16/h5-8,15H,3-4,9-10H2,1-2H3. The Morgan fingerprint density at radius 3 is 2.38 bits per heavy atom. The van der Waals surface area contributed by atoms with Crippen LogP contribution in [0.5, 0.6) is 0 Å². The number of carbonyl (C=O) groups is 1. The van der Waals surface area contributed by atoms with Crippen LogP contribution < -0.4 is 4.90 Å². The van der Waals surface area contributed by atoms with E-state index in [1.165, 1.54) is 0 Å². The van der Waals surface area contributed by atoms with Crippen LogP contribution in [0, 0.1) is 0 Å². The van der Waals surface area contributed by atoms with Crippen molar-refractivity contribution in [2.45, 2.75) is 20.3 Å². The van der Waals surface area contributed by atoms with Crippen LogP contribution in [0.25, 0.3) is 0 Å². The molecule has 0 aliphatic heterocycles. The molecule has 0 fully saturated rings. The summed E-state index contributed by atoms with van der Waals surface area (Å²) in [6.45, 7) is 5.60. The van der Waals surface area contributed by atoms with E-state index in [-0.39, 0.29) is 12.4 Å². The van der Waals surface area contributed by atoms with E-state index in [2.05, 4.69) is 11.8 Å². The predicted octanol–water partition coefficient (Wildman–Crippen LogP) is 2.10. The van der Waals surface area contributed by atoms with E-state index in [1.807, 2.05) is 24.3 Å². The second kappa shape index (κ2) is 6.28. The molecule has 1 aromatic carbocycles. The zero-order valence-corrected chi connectivity index (χ0v) is 9.94. The molecule has 3 nitrogen and oxygen atoms in total. The number of benzene rings is 1. The molecule has 0 saturated heterocycles. The van der Waals surface area contributed by atoms with Gasteiger partial charge < -0.3 is 10.0 Å². The fourth-order valence-electron chi connectivity index (χ4n) is 1.64. The number of rotatable bonds is 6. The van der Waals surface area contributed by atoms with Gasteiger partial charge in [0.15, 0.2) is 5.78 Å². The molecule has 0 radical (unpaired) electrons. The first-order valence-corrected chi connectivity index (χ1v) is 5.65. The second-order valence-corrected chi connectivity index (χ2v) is 3.76. The summed E-state index contributed by atoms with van der Waals surface area (Å²) in [5.41, 5.74) is 1.84. The number of hydrogen-bond donors (Lipinski definition) is 1. The summed E-state index contributed by atoms with van der Waals surface area (Å²) in [7, 11) is 0. The average molecular weight is 221 g/mol. The Balaban J connectivity index is 2.74. The van der Waals surface area contributed by atoms with E-state index >= 15 is 0 Å². The molecule has 0 aromatic heterocycles. The molecule has 16 heavy (non-hydrogen) atoms. The van der Waals surface area contributed by atoms with Crippen LogP contribution >= 0.6 is 0 Å². The van der Waals surface area contributed by atoms with Gasteiger partial charge in [-0.1, -0.05) is 0 Å². The highest BCUT2D eigenvalue weighted by atomic mass is 16.3. The van der Waals surface area contributed by atoms with Crippen molar-refractivity contribution in [3.8, 4) is 0 Å². The summed E-state index contributed by atoms with van der Waals surface area (Å²) in [5.74, 6) is 0.0879. The minimum Gasteiger partial charge on any atom is -0.396 e. The fourth-order valence-corrected chi connectivity index (χ4v) is 1.64. The van der Waals surface area contributed by atoms with Gasteiger partial charge in [-0.2, -0.15) is 0 Å². The molecule has 0 aliphatic rings. The van der Waals surface area contributed by atoms with E-state index < -0.39 is 0 Å². The molecule has 0 bridgehead atoms. The average Bonchev–Trinajstić information content (AvgIpc) is 2.30. The first-order chi connectivity index (χ1) is 7.69. The van der Waals surface area contributed by atoms with E-state index in [4.69, 9.17) is 5.11 Å². The number of Topliss-reactive ketones (excluding diaryl/α,β-unsaturated/α-hetero) is 1. The van der Waals surface area contributed by atoms with Gasteiger partial charge in [0.05, 0.1) is 0 Å². The highest BCUT2D eigenvalue weighted by Crippen LogP contribution is 2.15. The Morgan fingerprint density at radius 1 is 1.31 bits per heavy atom. The minimum absolute atomic E-state index is 0.0879. The fraction of sp³-hybridized carbons (Fsp3) is 0.462. The van der Waals surface area contributed by atoms with Crippen molar-refractivity contribution in [1.82, 2.24) is 0 Å². The van der Waals surface area contributed by atoms with E-state index in [0.717, 1.165) is 30.8 Å². The van der Waals surface area contributed by atoms with Gasteiger partial charge in [0.25, 0.3) is 0 Å². The van der Waals surface area contributed by atoms with Crippen LogP contribution in [0.3, 0.4) is 0 Å². The third-order valence-electron chi connectivity index (χ3n) is 2.61. The lowest BCUT2D eigenvalue weighted by Gasteiger charge is -2.22. The van der Waals surface area contributed by atoms with Crippen molar-refractivity contribution < 1.29 is 9.90 Å². The van der Waals surface area contributed by atoms with Crippen molar-refractivity contribution in [3.05, 3.63) is 29.8 Å². The molecule has 0 heterocycles. The van der Waals surface area contributed by atoms with E-state index in [9.17, 15) is 4.79 Å². The van der Waals surface area contributed by atoms with Crippen molar-refractivity contribution in [2.24, 2.45) is 0 Å². The molecular formula is C13H19NO2. The van der Waals surface area contributed by atoms with Crippen molar-refractivity contribution in [1.29, 1.82) is 0 Å². The Kier molecular flexibility index (Phi) is 4.99. The number of nitrogens with zero attached hydrogens (tertiary/aromatic N) is 1. The van der Waals surface area contributed by atoms with Crippen LogP contribution in [-0.4, -0.2) is 30.6 Å². The Morgan fingerprint density at radius 2 is 1.94 bits per heavy atom. The van der Waals surface area contributed by atoms with Crippen LogP contribution in [0.2, 0.25) is 0 Å². The van der Waals surface area contributed by atoms with Crippen LogP contribution in [0.4, 0.5) is 5.69 Å². The van der Waals surface area contributed by atoms with Crippen molar-refractivity contribution in [2.75, 3.05) is 24.6 Å². The number of carbonyl (C=O) groups excluding carboxylic acids is 1. The molecule has 88 valence electrons. The lowest BCUT2D eigenvalue weighted by atomic mass is 10.1. The third kappa shape index (κ3) is 3.35. The summed E-state index contributed by atoms with van der Waals surface area (Å²) >= 11 is 0. The van der Waals surface area contributed by atoms with E-state index in [1.54, 1.807) is 6.92 Å². The SMILES string of the molecule is CCN(CCCO)c1ccc(C(C)=O)cc1. The summed E-state index contributed by atoms with van der Waals surface area (Å²) in [4.78, 5) is 13.3. The molecular weight excluding hydrogens is 202 g/mol. The topological polar surface area (TPSA) is 40.5 Å². The number of hydrogen-bond acceptors (Lipinski definition) is 3. The molecule has 3 heteroatoms. The highest BCUT2D eigenvalue weighted by molar-refractivity contribution is 5.94. The molecule has 1 rings (SSSR count). The first-order valence-electron chi connectivity index (χ1n) is 5.65. The first kappa shape index (κ1) is 12.7. The minimum atomic E-state index is 0.0879. The molecule has 0 atom stereocenters. The second-order valence-electron chi connectivity index (χ2n) is 3.76. The van der Waals surface area contributed by atoms with Crippen molar-refractivity contribution >= 4 is 11.5 Å². The maximum atomic E-state index is 11.1. The van der Waals surface area contributed by atoms with E-state index in [0.29, 0.717) is 0 Å². The summed E-state index contributed by atoms with van der Waals surface area (Å²) in [5, 5.41) is 8.80. The number of aliphatic hydroxyl groups excluding tert-OH is 1. The maximum Gasteiger partial charge on any atom is 0.159 e. The Hall–Kier alpha value is -1.35. The largest absolute Gasteiger partial charge is 0.396 e. The molecule has 1 N–H and O–H groups in total. The van der Waals surface area contributed by atoms with Crippen molar-refractivity contribution in [3.63, 3.8) is 0 Å². The van der Waals surface area contributed by atoms with Crippen LogP contribution in [0.1, 0.15) is 30.6 Å². The van der Waals surface area contributed by atoms with Crippen LogP contribution in [0.15, 0.2) is 24.3 Å². The van der Waals surface area contributed by atoms with Gasteiger partial charge in [0, 0.05) is 30.9 Å². The highest BCUT2D eigenvalue weighted by Gasteiger charge is 2.04. The van der Waals surface area contributed by atoms with Gasteiger partial charge in [-0.25, -0.2) is 0 Å². The zero-order valence-electron chi connectivity index (χ0n) is 9.94. The molecule has 0 aliphatic carbocycles. The van der Waals surface area contributed by atoms with Gasteiger partial charge in [-0.3, -0.25) is 4.79 Å². The summed E-state index contributed by atoms with van der Waals surface area (Å²) in [6, 6.07) is 7.60. The third-order valence-corrected chi connectivity index (χ3v) is 2.61. The van der Waals surface area contributed by atoms with Gasteiger partial charge in [-0.05, 0) is 44.5 Å². The zero-order chi connectivity index (χ0) is 12.0. The van der Waals surface area contributed by atoms with Gasteiger partial charge in [-0.15, -0.1) is 0 Å². The van der Waals surface area contributed by atoms with Crippen LogP contribution in [-0.2, 0) is 0 Å². The lowest BCUT2D eigenvalue weighted by molar-refractivity contribution is 0.101. The summed E-state index contributed by atoms with van der Waals surface area (Å²) in [6.07, 6.45) is 0.766. The molecule has 1 aromatic rings. The quantitative estimate of drug-likeness (QED) is 0.748. The van der Waals surface area contributed by atoms with Gasteiger partial charge in [0.1, 0.15) is 0 Å². The number of anilines is 1. The molecule has 0 amide bonds. The lowest BCUT2D eigenvalue weighted by Crippen LogP contribution is -2.24. The Bertz CT molecular complexity index is 332. The van der Waals surface area contributed by atoms with Gasteiger partial charge in [0.2, 0.25) is 0 Å². The number of aliphatic hydroxyl groups is 1. The maximum absolute atomic E-state index is 11.1. The summed E-state index contributed by atoms with van der Waals surface area (Å²) < 4.78 is 0. The molecule has 0 unspecified atom stereocenters. The van der Waals surface area contributed by atoms with Gasteiger partial charge >= 0.3 is 0 Å². The normalized spacial score (nSPS) is 10.2. The Labute approximate surface area is 96.7 Å². The number of ketones is 1. The molecule has 0 spiro atoms. The monoisotopic (exact) mass is 221 g/mol.